The molecule has 0 unspecified atom stereocenters. The Kier molecular flexibility index (Phi) is 13.4. The first-order valence-corrected chi connectivity index (χ1v) is 11.0. The highest BCUT2D eigenvalue weighted by molar-refractivity contribution is 6.32. The van der Waals surface area contributed by atoms with Crippen LogP contribution in [0.15, 0.2) is 12.1 Å². The lowest BCUT2D eigenvalue weighted by Crippen LogP contribution is -2.29. The molecule has 1 rings (SSSR count). The van der Waals surface area contributed by atoms with Gasteiger partial charge in [0.15, 0.2) is 11.5 Å². The van der Waals surface area contributed by atoms with Crippen molar-refractivity contribution in [3.05, 3.63) is 22.7 Å². The Bertz CT molecular complexity index is 503. The van der Waals surface area contributed by atoms with Crippen LogP contribution >= 0.6 is 11.6 Å². The van der Waals surface area contributed by atoms with Gasteiger partial charge in [0.2, 0.25) is 0 Å². The van der Waals surface area contributed by atoms with Gasteiger partial charge in [-0.05, 0) is 69.6 Å². The molecule has 27 heavy (non-hydrogen) atoms. The first-order chi connectivity index (χ1) is 13.2. The Morgan fingerprint density at radius 2 is 1.63 bits per heavy atom. The van der Waals surface area contributed by atoms with E-state index in [1.807, 2.05) is 12.1 Å². The van der Waals surface area contributed by atoms with Crippen LogP contribution in [0.1, 0.15) is 64.9 Å². The molecule has 0 heterocycles. The van der Waals surface area contributed by atoms with E-state index in [0.29, 0.717) is 23.1 Å². The van der Waals surface area contributed by atoms with E-state index in [0.717, 1.165) is 31.5 Å². The number of unbranched alkanes of at least 4 members (excludes halogenated alkanes) is 2. The molecule has 0 aromatic heterocycles. The fourth-order valence-electron chi connectivity index (χ4n) is 2.98. The summed E-state index contributed by atoms with van der Waals surface area (Å²) < 4.78 is 11.2. The number of ether oxygens (including phenoxy) is 2. The lowest BCUT2D eigenvalue weighted by molar-refractivity contribution is 0.261. The fraction of sp³-hybridized carbons (Fsp3) is 0.727. The van der Waals surface area contributed by atoms with Crippen LogP contribution in [0.25, 0.3) is 0 Å². The minimum atomic E-state index is 0.616. The molecule has 156 valence electrons. The van der Waals surface area contributed by atoms with Crippen molar-refractivity contribution in [3.63, 3.8) is 0 Å². The van der Waals surface area contributed by atoms with Crippen molar-refractivity contribution in [2.75, 3.05) is 39.9 Å². The van der Waals surface area contributed by atoms with E-state index in [1.165, 1.54) is 45.3 Å². The van der Waals surface area contributed by atoms with Crippen LogP contribution < -0.4 is 14.8 Å². The van der Waals surface area contributed by atoms with Gasteiger partial charge < -0.3 is 19.7 Å². The maximum absolute atomic E-state index is 6.39. The minimum Gasteiger partial charge on any atom is -0.493 e. The molecule has 0 saturated carbocycles. The van der Waals surface area contributed by atoms with Crippen LogP contribution in [0.5, 0.6) is 11.5 Å². The van der Waals surface area contributed by atoms with Crippen LogP contribution in [0.3, 0.4) is 0 Å². The number of rotatable bonds is 16. The lowest BCUT2D eigenvalue weighted by atomic mass is 10.2. The van der Waals surface area contributed by atoms with Gasteiger partial charge in [0.05, 0.1) is 18.7 Å². The second-order valence-electron chi connectivity index (χ2n) is 7.04. The molecule has 0 saturated heterocycles. The third kappa shape index (κ3) is 9.68. The predicted octanol–water partition coefficient (Wildman–Crippen LogP) is 5.52. The summed E-state index contributed by atoms with van der Waals surface area (Å²) in [6, 6.07) is 3.98. The zero-order valence-electron chi connectivity index (χ0n) is 17.8. The van der Waals surface area contributed by atoms with Crippen LogP contribution in [-0.2, 0) is 6.54 Å². The second kappa shape index (κ2) is 15.0. The number of nitrogens with zero attached hydrogens (tertiary/aromatic N) is 1. The normalized spacial score (nSPS) is 11.2. The monoisotopic (exact) mass is 398 g/mol. The molecule has 0 radical (unpaired) electrons. The van der Waals surface area contributed by atoms with E-state index in [4.69, 9.17) is 21.1 Å². The molecule has 0 aliphatic rings. The summed E-state index contributed by atoms with van der Waals surface area (Å²) in [5.41, 5.74) is 1.12. The molecule has 1 N–H and O–H groups in total. The van der Waals surface area contributed by atoms with Crippen LogP contribution in [0.4, 0.5) is 0 Å². The molecule has 1 aromatic rings. The number of nitrogens with one attached hydrogen (secondary N) is 1. The third-order valence-corrected chi connectivity index (χ3v) is 4.83. The number of halogens is 1. The molecular weight excluding hydrogens is 360 g/mol. The summed E-state index contributed by atoms with van der Waals surface area (Å²) in [6.07, 6.45) is 7.22. The molecule has 0 amide bonds. The van der Waals surface area contributed by atoms with Gasteiger partial charge in [0, 0.05) is 6.54 Å². The maximum Gasteiger partial charge on any atom is 0.179 e. The van der Waals surface area contributed by atoms with Crippen molar-refractivity contribution in [2.24, 2.45) is 0 Å². The van der Waals surface area contributed by atoms with Gasteiger partial charge in [0.25, 0.3) is 0 Å². The Balaban J connectivity index is 2.43. The molecule has 0 atom stereocenters. The average molecular weight is 399 g/mol. The van der Waals surface area contributed by atoms with Crippen molar-refractivity contribution in [3.8, 4) is 11.5 Å². The van der Waals surface area contributed by atoms with Gasteiger partial charge >= 0.3 is 0 Å². The standard InChI is InChI=1S/C22H39ClN2O2/c1-5-8-12-25(13-9-6-2)14-10-11-24-18-19-16-20(23)22(27-15-7-3)21(17-19)26-4/h16-17,24H,5-15,18H2,1-4H3. The lowest BCUT2D eigenvalue weighted by Gasteiger charge is -2.22. The van der Waals surface area contributed by atoms with E-state index in [1.54, 1.807) is 7.11 Å². The van der Waals surface area contributed by atoms with Gasteiger partial charge in [-0.15, -0.1) is 0 Å². The molecule has 4 nitrogen and oxygen atoms in total. The Morgan fingerprint density at radius 3 is 2.22 bits per heavy atom. The highest BCUT2D eigenvalue weighted by Gasteiger charge is 2.12. The van der Waals surface area contributed by atoms with Gasteiger partial charge in [0.1, 0.15) is 0 Å². The van der Waals surface area contributed by atoms with Crippen LogP contribution in [0.2, 0.25) is 5.02 Å². The summed E-state index contributed by atoms with van der Waals surface area (Å²) in [4.78, 5) is 2.61. The van der Waals surface area contributed by atoms with E-state index >= 15 is 0 Å². The van der Waals surface area contributed by atoms with Crippen molar-refractivity contribution >= 4 is 11.6 Å². The van der Waals surface area contributed by atoms with Crippen molar-refractivity contribution in [1.29, 1.82) is 0 Å². The molecule has 1 aromatic carbocycles. The zero-order valence-corrected chi connectivity index (χ0v) is 18.5. The zero-order chi connectivity index (χ0) is 19.9. The van der Waals surface area contributed by atoms with E-state index in [-0.39, 0.29) is 0 Å². The summed E-state index contributed by atoms with van der Waals surface area (Å²) in [7, 11) is 1.66. The molecule has 0 fully saturated rings. The maximum atomic E-state index is 6.39. The molecule has 0 aliphatic heterocycles. The van der Waals surface area contributed by atoms with Gasteiger partial charge in [-0.2, -0.15) is 0 Å². The van der Waals surface area contributed by atoms with E-state index in [2.05, 4.69) is 31.0 Å². The van der Waals surface area contributed by atoms with Crippen molar-refractivity contribution in [2.45, 2.75) is 65.8 Å². The van der Waals surface area contributed by atoms with Gasteiger partial charge in [-0.3, -0.25) is 0 Å². The topological polar surface area (TPSA) is 33.7 Å². The molecular formula is C22H39ClN2O2. The smallest absolute Gasteiger partial charge is 0.179 e. The van der Waals surface area contributed by atoms with Crippen molar-refractivity contribution < 1.29 is 9.47 Å². The van der Waals surface area contributed by atoms with Crippen LogP contribution in [-0.4, -0.2) is 44.8 Å². The average Bonchev–Trinajstić information content (AvgIpc) is 2.67. The second-order valence-corrected chi connectivity index (χ2v) is 7.44. The Labute approximate surface area is 171 Å². The number of benzene rings is 1. The van der Waals surface area contributed by atoms with E-state index in [9.17, 15) is 0 Å². The summed E-state index contributed by atoms with van der Waals surface area (Å²) in [6.45, 7) is 12.6. The quantitative estimate of drug-likeness (QED) is 0.372. The predicted molar refractivity (Wildman–Crippen MR) is 116 cm³/mol. The Hall–Kier alpha value is -0.970. The van der Waals surface area contributed by atoms with E-state index < -0.39 is 0 Å². The Morgan fingerprint density at radius 1 is 0.963 bits per heavy atom. The first kappa shape index (κ1) is 24.1. The number of hydrogen-bond acceptors (Lipinski definition) is 4. The number of methoxy groups -OCH3 is 1. The SMILES string of the molecule is CCCCN(CCCC)CCCNCc1cc(Cl)c(OCCC)c(OC)c1. The third-order valence-electron chi connectivity index (χ3n) is 4.55. The molecule has 5 heteroatoms. The van der Waals surface area contributed by atoms with Crippen LogP contribution in [0, 0.1) is 0 Å². The summed E-state index contributed by atoms with van der Waals surface area (Å²) in [5, 5.41) is 4.14. The first-order valence-electron chi connectivity index (χ1n) is 10.6. The fourth-order valence-corrected chi connectivity index (χ4v) is 3.27. The summed E-state index contributed by atoms with van der Waals surface area (Å²) in [5.74, 6) is 1.35. The van der Waals surface area contributed by atoms with Crippen molar-refractivity contribution in [1.82, 2.24) is 10.2 Å². The molecule has 0 bridgehead atoms. The largest absolute Gasteiger partial charge is 0.493 e. The van der Waals surface area contributed by atoms with Gasteiger partial charge in [-0.1, -0.05) is 45.2 Å². The highest BCUT2D eigenvalue weighted by Crippen LogP contribution is 2.36. The summed E-state index contributed by atoms with van der Waals surface area (Å²) >= 11 is 6.39. The van der Waals surface area contributed by atoms with Gasteiger partial charge in [-0.25, -0.2) is 0 Å². The highest BCUT2D eigenvalue weighted by atomic mass is 35.5. The molecule has 0 spiro atoms. The molecule has 0 aliphatic carbocycles. The minimum absolute atomic E-state index is 0.616. The number of hydrogen-bond donors (Lipinski definition) is 1.